The zero-order chi connectivity index (χ0) is 13.4. The van der Waals surface area contributed by atoms with Gasteiger partial charge >= 0.3 is 5.97 Å². The lowest BCUT2D eigenvalue weighted by atomic mass is 10.3. The van der Waals surface area contributed by atoms with Crippen molar-refractivity contribution in [3.05, 3.63) is 35.0 Å². The maximum absolute atomic E-state index is 11.0. The predicted octanol–water partition coefficient (Wildman–Crippen LogP) is 1.04. The Labute approximate surface area is 113 Å². The van der Waals surface area contributed by atoms with Crippen LogP contribution in [0.25, 0.3) is 0 Å². The van der Waals surface area contributed by atoms with Crippen molar-refractivity contribution in [2.24, 2.45) is 0 Å². The van der Waals surface area contributed by atoms with Crippen molar-refractivity contribution in [3.63, 3.8) is 0 Å². The molecular formula is C11H10ClN5O2. The third-order valence-corrected chi connectivity index (χ3v) is 3.30. The molecule has 2 aromatic heterocycles. The summed E-state index contributed by atoms with van der Waals surface area (Å²) < 4.78 is 1.96. The maximum atomic E-state index is 11.0. The van der Waals surface area contributed by atoms with Gasteiger partial charge in [0.05, 0.1) is 11.6 Å². The van der Waals surface area contributed by atoms with Crippen molar-refractivity contribution < 1.29 is 9.90 Å². The summed E-state index contributed by atoms with van der Waals surface area (Å²) in [4.78, 5) is 17.1. The van der Waals surface area contributed by atoms with Crippen LogP contribution in [0.1, 0.15) is 16.3 Å². The first-order valence-corrected chi connectivity index (χ1v) is 6.04. The molecule has 2 aromatic rings. The Morgan fingerprint density at radius 3 is 3.00 bits per heavy atom. The zero-order valence-electron chi connectivity index (χ0n) is 9.82. The molecule has 0 saturated carbocycles. The number of hydrogen-bond acceptors (Lipinski definition) is 5. The molecule has 8 heteroatoms. The highest BCUT2D eigenvalue weighted by Crippen LogP contribution is 2.22. The summed E-state index contributed by atoms with van der Waals surface area (Å²) in [6.07, 6.45) is 1.69. The zero-order valence-corrected chi connectivity index (χ0v) is 10.6. The number of nitrogens with zero attached hydrogens (tertiary/aromatic N) is 5. The molecule has 0 fully saturated rings. The van der Waals surface area contributed by atoms with Gasteiger partial charge < -0.3 is 14.6 Å². The van der Waals surface area contributed by atoms with Crippen molar-refractivity contribution in [1.82, 2.24) is 19.7 Å². The number of halogens is 1. The number of carbonyl (C=O) groups is 1. The summed E-state index contributed by atoms with van der Waals surface area (Å²) in [6, 6.07) is 3.26. The lowest BCUT2D eigenvalue weighted by Gasteiger charge is -2.28. The van der Waals surface area contributed by atoms with E-state index < -0.39 is 5.97 Å². The molecule has 3 heterocycles. The number of aromatic carboxylic acids is 1. The molecule has 0 spiro atoms. The minimum absolute atomic E-state index is 0.133. The van der Waals surface area contributed by atoms with E-state index in [0.29, 0.717) is 12.4 Å². The molecule has 3 rings (SSSR count). The monoisotopic (exact) mass is 279 g/mol. The average molecular weight is 280 g/mol. The van der Waals surface area contributed by atoms with Crippen molar-refractivity contribution >= 4 is 23.4 Å². The fourth-order valence-corrected chi connectivity index (χ4v) is 2.21. The quantitative estimate of drug-likeness (QED) is 0.884. The fraction of sp³-hybridized carbons (Fsp3) is 0.273. The van der Waals surface area contributed by atoms with Crippen LogP contribution in [0.15, 0.2) is 18.5 Å². The molecular weight excluding hydrogens is 270 g/mol. The normalized spacial score (nSPS) is 14.3. The Morgan fingerprint density at radius 1 is 1.37 bits per heavy atom. The van der Waals surface area contributed by atoms with Gasteiger partial charge in [-0.15, -0.1) is 10.2 Å². The van der Waals surface area contributed by atoms with Gasteiger partial charge in [0.1, 0.15) is 12.1 Å². The van der Waals surface area contributed by atoms with Crippen LogP contribution in [0.2, 0.25) is 5.02 Å². The van der Waals surface area contributed by atoms with Gasteiger partial charge in [-0.25, -0.2) is 9.78 Å². The molecule has 1 aliphatic heterocycles. The van der Waals surface area contributed by atoms with Gasteiger partial charge in [-0.05, 0) is 12.1 Å². The van der Waals surface area contributed by atoms with Crippen molar-refractivity contribution in [3.8, 4) is 0 Å². The van der Waals surface area contributed by atoms with Crippen LogP contribution in [-0.2, 0) is 13.1 Å². The van der Waals surface area contributed by atoms with Gasteiger partial charge in [0.15, 0.2) is 11.5 Å². The first kappa shape index (κ1) is 11.9. The predicted molar refractivity (Wildman–Crippen MR) is 67.3 cm³/mol. The molecule has 0 saturated heterocycles. The minimum Gasteiger partial charge on any atom is -0.476 e. The van der Waals surface area contributed by atoms with E-state index in [2.05, 4.69) is 15.2 Å². The molecule has 0 atom stereocenters. The number of aromatic nitrogens is 4. The Balaban J connectivity index is 1.92. The molecule has 0 unspecified atom stereocenters. The van der Waals surface area contributed by atoms with Crippen LogP contribution in [0, 0.1) is 0 Å². The number of carboxylic acid groups (broad SMARTS) is 1. The van der Waals surface area contributed by atoms with Crippen LogP contribution < -0.4 is 4.90 Å². The molecule has 1 N–H and O–H groups in total. The van der Waals surface area contributed by atoms with Crippen LogP contribution in [0.3, 0.4) is 0 Å². The number of carboxylic acids is 1. The summed E-state index contributed by atoms with van der Waals surface area (Å²) in [5, 5.41) is 17.0. The van der Waals surface area contributed by atoms with Gasteiger partial charge in [0.25, 0.3) is 0 Å². The van der Waals surface area contributed by atoms with E-state index in [-0.39, 0.29) is 10.7 Å². The second kappa shape index (κ2) is 4.51. The smallest absolute Gasteiger partial charge is 0.356 e. The Bertz CT molecular complexity index is 642. The lowest BCUT2D eigenvalue weighted by Crippen LogP contribution is -2.34. The second-order valence-corrected chi connectivity index (χ2v) is 4.57. The van der Waals surface area contributed by atoms with E-state index in [0.717, 1.165) is 18.9 Å². The molecule has 98 valence electrons. The largest absolute Gasteiger partial charge is 0.476 e. The van der Waals surface area contributed by atoms with Crippen LogP contribution >= 0.6 is 11.6 Å². The number of pyridine rings is 1. The third-order valence-electron chi connectivity index (χ3n) is 3.00. The number of fused-ring (bicyclic) bond motifs is 1. The van der Waals surface area contributed by atoms with E-state index >= 15 is 0 Å². The lowest BCUT2D eigenvalue weighted by molar-refractivity contribution is 0.0691. The topological polar surface area (TPSA) is 84.1 Å². The molecule has 7 nitrogen and oxygen atoms in total. The van der Waals surface area contributed by atoms with Gasteiger partial charge in [-0.1, -0.05) is 11.6 Å². The molecule has 1 aliphatic rings. The van der Waals surface area contributed by atoms with E-state index in [4.69, 9.17) is 16.7 Å². The highest BCUT2D eigenvalue weighted by molar-refractivity contribution is 6.33. The maximum Gasteiger partial charge on any atom is 0.356 e. The summed E-state index contributed by atoms with van der Waals surface area (Å²) >= 11 is 5.81. The number of anilines is 1. The van der Waals surface area contributed by atoms with Gasteiger partial charge in [0.2, 0.25) is 0 Å². The molecule has 0 aromatic carbocycles. The molecule has 0 bridgehead atoms. The van der Waals surface area contributed by atoms with Crippen molar-refractivity contribution in [1.29, 1.82) is 0 Å². The average Bonchev–Trinajstić information content (AvgIpc) is 2.86. The van der Waals surface area contributed by atoms with Crippen LogP contribution in [-0.4, -0.2) is 37.4 Å². The van der Waals surface area contributed by atoms with E-state index in [1.807, 2.05) is 9.47 Å². The first-order chi connectivity index (χ1) is 9.15. The van der Waals surface area contributed by atoms with Crippen molar-refractivity contribution in [2.45, 2.75) is 13.1 Å². The van der Waals surface area contributed by atoms with Crippen LogP contribution in [0.4, 0.5) is 5.82 Å². The second-order valence-electron chi connectivity index (χ2n) is 4.17. The van der Waals surface area contributed by atoms with E-state index in [1.165, 1.54) is 0 Å². The summed E-state index contributed by atoms with van der Waals surface area (Å²) in [5.74, 6) is 0.281. The highest BCUT2D eigenvalue weighted by atomic mass is 35.5. The SMILES string of the molecule is O=C(O)c1nc(N2CCn3cnnc3C2)ccc1Cl. The van der Waals surface area contributed by atoms with E-state index in [1.54, 1.807) is 18.5 Å². The van der Waals surface area contributed by atoms with Gasteiger partial charge in [-0.2, -0.15) is 0 Å². The molecule has 19 heavy (non-hydrogen) atoms. The number of hydrogen-bond donors (Lipinski definition) is 1. The minimum atomic E-state index is -1.13. The third kappa shape index (κ3) is 2.12. The Morgan fingerprint density at radius 2 is 2.21 bits per heavy atom. The Kier molecular flexibility index (Phi) is 2.83. The van der Waals surface area contributed by atoms with Crippen molar-refractivity contribution in [2.75, 3.05) is 11.4 Å². The highest BCUT2D eigenvalue weighted by Gasteiger charge is 2.20. The first-order valence-electron chi connectivity index (χ1n) is 5.66. The van der Waals surface area contributed by atoms with E-state index in [9.17, 15) is 4.79 Å². The van der Waals surface area contributed by atoms with Gasteiger partial charge in [0, 0.05) is 13.1 Å². The fourth-order valence-electron chi connectivity index (χ4n) is 2.02. The number of rotatable bonds is 2. The van der Waals surface area contributed by atoms with Gasteiger partial charge in [-0.3, -0.25) is 0 Å². The molecule has 0 radical (unpaired) electrons. The van der Waals surface area contributed by atoms with Crippen LogP contribution in [0.5, 0.6) is 0 Å². The molecule has 0 aliphatic carbocycles. The molecule has 0 amide bonds. The summed E-state index contributed by atoms with van der Waals surface area (Å²) in [5.41, 5.74) is -0.133. The summed E-state index contributed by atoms with van der Waals surface area (Å²) in [6.45, 7) is 2.02. The Hall–Kier alpha value is -2.15. The standard InChI is InChI=1S/C11H10ClN5O2/c12-7-1-2-8(14-10(7)11(18)19)16-3-4-17-6-13-15-9(17)5-16/h1-2,6H,3-5H2,(H,18,19). The summed E-state index contributed by atoms with van der Waals surface area (Å²) in [7, 11) is 0.